The van der Waals surface area contributed by atoms with E-state index in [1.165, 1.54) is 11.3 Å². The standard InChI is InChI=1S/C26H22N8O3S.Na.H/c1-14-16-13-19(38-25(16)34(31-14)20-4-2-3-9-28-20)23(36)21-22(35)17-12-15(24-29-32-33-30-24)5-6-18(17)37-26(21)7-10-27-11-8-26;;/h2-6,9,12-13,21,27H,7-8,10-11H2,1H3,(H,29,30,32,33);;/t21-;;/m1../s1. The molecule has 1 saturated heterocycles. The van der Waals surface area contributed by atoms with E-state index >= 15 is 0 Å². The molecule has 2 aliphatic heterocycles. The van der Waals surface area contributed by atoms with Gasteiger partial charge in [0.05, 0.1) is 16.1 Å². The number of thiophene rings is 1. The Morgan fingerprint density at radius 3 is 2.77 bits per heavy atom. The molecule has 1 spiro atoms. The van der Waals surface area contributed by atoms with Gasteiger partial charge in [-0.3, -0.25) is 9.59 Å². The van der Waals surface area contributed by atoms with Gasteiger partial charge in [0.25, 0.3) is 0 Å². The fourth-order valence-corrected chi connectivity index (χ4v) is 6.60. The number of ketones is 2. The third kappa shape index (κ3) is 4.23. The molecule has 1 aromatic carbocycles. The number of hydrogen-bond acceptors (Lipinski definition) is 10. The van der Waals surface area contributed by atoms with Crippen molar-refractivity contribution >= 4 is 62.7 Å². The van der Waals surface area contributed by atoms with Crippen molar-refractivity contribution in [2.45, 2.75) is 25.4 Å². The Morgan fingerprint density at radius 1 is 1.18 bits per heavy atom. The first-order valence-electron chi connectivity index (χ1n) is 12.3. The van der Waals surface area contributed by atoms with Crippen LogP contribution in [0.3, 0.4) is 0 Å². The second-order valence-electron chi connectivity index (χ2n) is 9.55. The molecule has 39 heavy (non-hydrogen) atoms. The van der Waals surface area contributed by atoms with Crippen LogP contribution in [0.25, 0.3) is 27.4 Å². The average molecular weight is 551 g/mol. The SMILES string of the molecule is Cc1nn(-c2ccccn2)c2sc(C(=O)[C@H]3C(=O)c4cc(-c5nnn[nH]5)ccc4OC34CCNCC4)cc12.[NaH]. The van der Waals surface area contributed by atoms with Crippen molar-refractivity contribution in [3.8, 4) is 23.0 Å². The first-order chi connectivity index (χ1) is 18.5. The molecule has 4 aromatic heterocycles. The van der Waals surface area contributed by atoms with Gasteiger partial charge >= 0.3 is 29.6 Å². The molecular weight excluding hydrogens is 527 g/mol. The summed E-state index contributed by atoms with van der Waals surface area (Å²) in [4.78, 5) is 34.1. The monoisotopic (exact) mass is 550 g/mol. The van der Waals surface area contributed by atoms with E-state index in [-0.39, 0.29) is 41.1 Å². The summed E-state index contributed by atoms with van der Waals surface area (Å²) < 4.78 is 8.31. The van der Waals surface area contributed by atoms with Crippen molar-refractivity contribution in [3.63, 3.8) is 0 Å². The number of aromatic amines is 1. The second-order valence-corrected chi connectivity index (χ2v) is 10.6. The second kappa shape index (κ2) is 10.0. The Hall–Kier alpha value is -3.29. The predicted molar refractivity (Wildman–Crippen MR) is 146 cm³/mol. The Kier molecular flexibility index (Phi) is 6.68. The minimum absolute atomic E-state index is 0. The number of nitrogens with one attached hydrogen (secondary N) is 2. The maximum absolute atomic E-state index is 14.2. The van der Waals surface area contributed by atoms with Crippen LogP contribution in [0.4, 0.5) is 0 Å². The van der Waals surface area contributed by atoms with Gasteiger partial charge in [-0.05, 0) is 66.8 Å². The topological polar surface area (TPSA) is 141 Å². The van der Waals surface area contributed by atoms with Crippen LogP contribution < -0.4 is 10.1 Å². The molecule has 7 rings (SSSR count). The van der Waals surface area contributed by atoms with Crippen LogP contribution >= 0.6 is 11.3 Å². The van der Waals surface area contributed by atoms with Gasteiger partial charge in [-0.2, -0.15) is 5.10 Å². The normalized spacial score (nSPS) is 18.0. The number of ether oxygens (including phenoxy) is 1. The summed E-state index contributed by atoms with van der Waals surface area (Å²) >= 11 is 1.33. The number of tetrazole rings is 1. The quantitative estimate of drug-likeness (QED) is 0.196. The number of hydrogen-bond donors (Lipinski definition) is 2. The van der Waals surface area contributed by atoms with Gasteiger partial charge in [0, 0.05) is 30.0 Å². The summed E-state index contributed by atoms with van der Waals surface area (Å²) in [5, 5.41) is 22.7. The van der Waals surface area contributed by atoms with Gasteiger partial charge in [-0.25, -0.2) is 14.8 Å². The fourth-order valence-electron chi connectivity index (χ4n) is 5.46. The van der Waals surface area contributed by atoms with Crippen LogP contribution in [0.5, 0.6) is 5.75 Å². The van der Waals surface area contributed by atoms with E-state index in [0.29, 0.717) is 59.3 Å². The van der Waals surface area contributed by atoms with Gasteiger partial charge in [-0.15, -0.1) is 16.4 Å². The third-order valence-electron chi connectivity index (χ3n) is 7.33. The summed E-state index contributed by atoms with van der Waals surface area (Å²) in [7, 11) is 0. The Bertz CT molecular complexity index is 1690. The maximum atomic E-state index is 14.2. The molecule has 0 bridgehead atoms. The number of aromatic nitrogens is 7. The number of carbonyl (C=O) groups is 2. The van der Waals surface area contributed by atoms with Crippen LogP contribution in [0.15, 0.2) is 48.7 Å². The van der Waals surface area contributed by atoms with Crippen LogP contribution in [0.2, 0.25) is 0 Å². The summed E-state index contributed by atoms with van der Waals surface area (Å²) in [5.74, 6) is 0.136. The van der Waals surface area contributed by atoms with E-state index < -0.39 is 11.5 Å². The van der Waals surface area contributed by atoms with E-state index in [2.05, 4.69) is 36.0 Å². The number of piperidine rings is 1. The Labute approximate surface area is 248 Å². The molecule has 1 fully saturated rings. The number of nitrogens with zero attached hydrogens (tertiary/aromatic N) is 6. The fraction of sp³-hybridized carbons (Fsp3) is 0.269. The van der Waals surface area contributed by atoms with Gasteiger partial charge in [0.1, 0.15) is 22.1 Å². The molecule has 6 heterocycles. The molecule has 0 aliphatic carbocycles. The summed E-state index contributed by atoms with van der Waals surface area (Å²) in [6.45, 7) is 3.23. The van der Waals surface area contributed by atoms with Crippen molar-refractivity contribution in [2.75, 3.05) is 13.1 Å². The molecule has 2 N–H and O–H groups in total. The number of H-pyrrole nitrogens is 1. The van der Waals surface area contributed by atoms with E-state index in [0.717, 1.165) is 15.9 Å². The van der Waals surface area contributed by atoms with Crippen molar-refractivity contribution in [1.29, 1.82) is 0 Å². The molecule has 2 aliphatic rings. The van der Waals surface area contributed by atoms with Gasteiger partial charge in [-0.1, -0.05) is 6.07 Å². The third-order valence-corrected chi connectivity index (χ3v) is 8.46. The number of aryl methyl sites for hydroxylation is 1. The number of pyridine rings is 1. The molecule has 0 unspecified atom stereocenters. The van der Waals surface area contributed by atoms with Crippen LogP contribution in [0.1, 0.15) is 38.6 Å². The van der Waals surface area contributed by atoms with Gasteiger partial charge < -0.3 is 10.1 Å². The van der Waals surface area contributed by atoms with E-state index in [4.69, 9.17) is 4.74 Å². The molecule has 0 amide bonds. The Morgan fingerprint density at radius 2 is 2.03 bits per heavy atom. The number of carbonyl (C=O) groups excluding carboxylic acids is 2. The zero-order chi connectivity index (χ0) is 25.9. The molecule has 0 saturated carbocycles. The van der Waals surface area contributed by atoms with E-state index in [1.54, 1.807) is 23.0 Å². The predicted octanol–water partition coefficient (Wildman–Crippen LogP) is 2.52. The molecule has 0 radical (unpaired) electrons. The Balaban J connectivity index is 0.00000277. The zero-order valence-electron chi connectivity index (χ0n) is 20.3. The van der Waals surface area contributed by atoms with Crippen LogP contribution in [-0.2, 0) is 0 Å². The molecule has 13 heteroatoms. The van der Waals surface area contributed by atoms with Crippen molar-refractivity contribution in [3.05, 3.63) is 64.8 Å². The minimum atomic E-state index is -0.973. The average Bonchev–Trinajstić information content (AvgIpc) is 3.69. The molecule has 1 atom stereocenters. The summed E-state index contributed by atoms with van der Waals surface area (Å²) in [6.07, 6.45) is 2.80. The molecule has 11 nitrogen and oxygen atoms in total. The van der Waals surface area contributed by atoms with E-state index in [9.17, 15) is 9.59 Å². The van der Waals surface area contributed by atoms with Gasteiger partial charge in [0.2, 0.25) is 0 Å². The number of fused-ring (bicyclic) bond motifs is 2. The molecule has 5 aromatic rings. The number of rotatable bonds is 4. The summed E-state index contributed by atoms with van der Waals surface area (Å²) in [6, 6.07) is 12.7. The molecule has 192 valence electrons. The number of benzene rings is 1. The first kappa shape index (κ1) is 26.0. The van der Waals surface area contributed by atoms with Gasteiger partial charge in [0.15, 0.2) is 23.2 Å². The van der Waals surface area contributed by atoms with Crippen molar-refractivity contribution < 1.29 is 14.3 Å². The molecular formula is C26H23N8NaO3S. The summed E-state index contributed by atoms with van der Waals surface area (Å²) in [5.41, 5.74) is 0.879. The van der Waals surface area contributed by atoms with Crippen LogP contribution in [-0.4, -0.2) is 95.2 Å². The van der Waals surface area contributed by atoms with Crippen molar-refractivity contribution in [1.82, 2.24) is 40.7 Å². The zero-order valence-corrected chi connectivity index (χ0v) is 21.2. The van der Waals surface area contributed by atoms with E-state index in [1.807, 2.05) is 37.3 Å². The first-order valence-corrected chi connectivity index (χ1v) is 13.1. The number of Topliss-reactive ketones (excluding diaryl/α,β-unsaturated/α-hetero) is 2. The van der Waals surface area contributed by atoms with Crippen LogP contribution in [0, 0.1) is 12.8 Å². The van der Waals surface area contributed by atoms with Crippen molar-refractivity contribution in [2.24, 2.45) is 5.92 Å².